The van der Waals surface area contributed by atoms with Crippen molar-refractivity contribution in [2.24, 2.45) is 0 Å². The summed E-state index contributed by atoms with van der Waals surface area (Å²) in [5, 5.41) is 14.9. The molecule has 0 fully saturated rings. The van der Waals surface area contributed by atoms with Crippen LogP contribution in [0.15, 0.2) is 41.6 Å². The Morgan fingerprint density at radius 1 is 1.14 bits per heavy atom. The zero-order valence-electron chi connectivity index (χ0n) is 15.7. The third-order valence-electron chi connectivity index (χ3n) is 4.47. The van der Waals surface area contributed by atoms with E-state index >= 15 is 0 Å². The monoisotopic (exact) mass is 397 g/mol. The molecule has 8 nitrogen and oxygen atoms in total. The molecule has 3 aromatic rings. The molecule has 28 heavy (non-hydrogen) atoms. The molecule has 0 spiro atoms. The zero-order valence-corrected chi connectivity index (χ0v) is 16.5. The van der Waals surface area contributed by atoms with E-state index in [1.165, 1.54) is 17.3 Å². The van der Waals surface area contributed by atoms with E-state index in [9.17, 15) is 4.79 Å². The molecule has 2 heterocycles. The summed E-state index contributed by atoms with van der Waals surface area (Å²) in [5.41, 5.74) is 3.86. The van der Waals surface area contributed by atoms with Gasteiger partial charge in [0, 0.05) is 11.8 Å². The number of fused-ring (bicyclic) bond motifs is 1. The maximum Gasteiger partial charge on any atom is 0.237 e. The van der Waals surface area contributed by atoms with E-state index in [1.54, 1.807) is 22.9 Å². The molecule has 0 saturated carbocycles. The van der Waals surface area contributed by atoms with Gasteiger partial charge in [0.1, 0.15) is 0 Å². The van der Waals surface area contributed by atoms with Crippen molar-refractivity contribution >= 4 is 23.4 Å². The molecule has 1 aliphatic heterocycles. The van der Waals surface area contributed by atoms with E-state index in [-0.39, 0.29) is 12.7 Å². The third kappa shape index (κ3) is 3.65. The fraction of sp³-hybridized carbons (Fsp3) is 0.263. The Kier molecular flexibility index (Phi) is 4.91. The summed E-state index contributed by atoms with van der Waals surface area (Å²) in [7, 11) is 0. The Morgan fingerprint density at radius 2 is 1.96 bits per heavy atom. The summed E-state index contributed by atoms with van der Waals surface area (Å²) in [5.74, 6) is 1.14. The van der Waals surface area contributed by atoms with E-state index in [0.29, 0.717) is 22.3 Å². The molecule has 1 N–H and O–H groups in total. The van der Waals surface area contributed by atoms with Gasteiger partial charge in [-0.15, -0.1) is 5.10 Å². The van der Waals surface area contributed by atoms with Crippen molar-refractivity contribution in [3.8, 4) is 17.2 Å². The van der Waals surface area contributed by atoms with Crippen LogP contribution in [0.25, 0.3) is 5.69 Å². The molecule has 0 unspecified atom stereocenters. The Balaban J connectivity index is 1.46. The van der Waals surface area contributed by atoms with Crippen LogP contribution >= 0.6 is 11.8 Å². The quantitative estimate of drug-likeness (QED) is 0.661. The lowest BCUT2D eigenvalue weighted by Gasteiger charge is -2.12. The Labute approximate surface area is 166 Å². The van der Waals surface area contributed by atoms with Crippen LogP contribution < -0.4 is 14.8 Å². The van der Waals surface area contributed by atoms with Gasteiger partial charge in [-0.25, -0.2) is 0 Å². The average Bonchev–Trinajstić information content (AvgIpc) is 3.32. The molecule has 0 saturated heterocycles. The standard InChI is InChI=1S/C19H19N5O3S/c1-11-4-6-15(8-12(11)2)24-19(21-22-23-24)28-13(3)18(25)20-14-5-7-16-17(9-14)27-10-26-16/h4-9,13H,10H2,1-3H3,(H,20,25)/t13-/m0/s1. The first-order chi connectivity index (χ1) is 13.5. The van der Waals surface area contributed by atoms with E-state index in [2.05, 4.69) is 27.8 Å². The van der Waals surface area contributed by atoms with E-state index in [0.717, 1.165) is 11.3 Å². The highest BCUT2D eigenvalue weighted by atomic mass is 32.2. The number of hydrogen-bond acceptors (Lipinski definition) is 7. The molecule has 4 rings (SSSR count). The third-order valence-corrected chi connectivity index (χ3v) is 5.50. The topological polar surface area (TPSA) is 91.2 Å². The lowest BCUT2D eigenvalue weighted by atomic mass is 10.1. The lowest BCUT2D eigenvalue weighted by molar-refractivity contribution is -0.115. The number of aromatic nitrogens is 4. The van der Waals surface area contributed by atoms with Crippen LogP contribution in [0.5, 0.6) is 11.5 Å². The van der Waals surface area contributed by atoms with Gasteiger partial charge in [-0.1, -0.05) is 17.8 Å². The van der Waals surface area contributed by atoms with Gasteiger partial charge in [0.25, 0.3) is 0 Å². The van der Waals surface area contributed by atoms with Crippen molar-refractivity contribution in [2.45, 2.75) is 31.2 Å². The van der Waals surface area contributed by atoms with Crippen LogP contribution in [0.2, 0.25) is 0 Å². The number of thioether (sulfide) groups is 1. The molecule has 144 valence electrons. The van der Waals surface area contributed by atoms with Crippen molar-refractivity contribution in [1.29, 1.82) is 0 Å². The molecule has 0 radical (unpaired) electrons. The second-order valence-electron chi connectivity index (χ2n) is 6.46. The molecular weight excluding hydrogens is 378 g/mol. The summed E-state index contributed by atoms with van der Waals surface area (Å²) in [6, 6.07) is 11.3. The SMILES string of the molecule is Cc1ccc(-n2nnnc2S[C@@H](C)C(=O)Nc2ccc3c(c2)OCO3)cc1C. The first kappa shape index (κ1) is 18.3. The second-order valence-corrected chi connectivity index (χ2v) is 7.77. The van der Waals surface area contributed by atoms with Gasteiger partial charge in [0.15, 0.2) is 11.5 Å². The number of ether oxygens (including phenoxy) is 2. The number of carbonyl (C=O) groups is 1. The normalized spacial score (nSPS) is 13.4. The highest BCUT2D eigenvalue weighted by molar-refractivity contribution is 8.00. The Hall–Kier alpha value is -3.07. The van der Waals surface area contributed by atoms with Crippen LogP contribution in [0, 0.1) is 13.8 Å². The minimum Gasteiger partial charge on any atom is -0.454 e. The smallest absolute Gasteiger partial charge is 0.237 e. The van der Waals surface area contributed by atoms with Crippen LogP contribution in [0.3, 0.4) is 0 Å². The van der Waals surface area contributed by atoms with E-state index in [1.807, 2.05) is 32.0 Å². The lowest BCUT2D eigenvalue weighted by Crippen LogP contribution is -2.22. The first-order valence-electron chi connectivity index (χ1n) is 8.74. The van der Waals surface area contributed by atoms with Crippen LogP contribution in [-0.2, 0) is 4.79 Å². The molecule has 1 aromatic heterocycles. The minimum absolute atomic E-state index is 0.154. The summed E-state index contributed by atoms with van der Waals surface area (Å²) in [6.45, 7) is 6.10. The first-order valence-corrected chi connectivity index (χ1v) is 9.62. The fourth-order valence-electron chi connectivity index (χ4n) is 2.70. The number of tetrazole rings is 1. The van der Waals surface area contributed by atoms with Gasteiger partial charge in [-0.05, 0) is 66.6 Å². The number of carbonyl (C=O) groups excluding carboxylic acids is 1. The van der Waals surface area contributed by atoms with Gasteiger partial charge >= 0.3 is 0 Å². The maximum absolute atomic E-state index is 12.6. The molecule has 0 bridgehead atoms. The molecule has 0 aliphatic carbocycles. The number of nitrogens with one attached hydrogen (secondary N) is 1. The summed E-state index contributed by atoms with van der Waals surface area (Å²) < 4.78 is 12.3. The van der Waals surface area contributed by atoms with Gasteiger partial charge in [0.2, 0.25) is 17.9 Å². The number of benzene rings is 2. The Bertz CT molecular complexity index is 1040. The molecule has 1 amide bonds. The van der Waals surface area contributed by atoms with E-state index < -0.39 is 5.25 Å². The van der Waals surface area contributed by atoms with Crippen molar-refractivity contribution in [3.63, 3.8) is 0 Å². The summed E-state index contributed by atoms with van der Waals surface area (Å²) >= 11 is 1.29. The van der Waals surface area contributed by atoms with Gasteiger partial charge < -0.3 is 14.8 Å². The fourth-order valence-corrected chi connectivity index (χ4v) is 3.51. The summed E-state index contributed by atoms with van der Waals surface area (Å²) in [6.07, 6.45) is 0. The van der Waals surface area contributed by atoms with Crippen molar-refractivity contribution in [3.05, 3.63) is 47.5 Å². The van der Waals surface area contributed by atoms with Gasteiger partial charge in [-0.2, -0.15) is 4.68 Å². The van der Waals surface area contributed by atoms with Crippen LogP contribution in [0.4, 0.5) is 5.69 Å². The highest BCUT2D eigenvalue weighted by Crippen LogP contribution is 2.34. The predicted octanol–water partition coefficient (Wildman–Crippen LogP) is 3.13. The van der Waals surface area contributed by atoms with Crippen molar-refractivity contribution < 1.29 is 14.3 Å². The van der Waals surface area contributed by atoms with E-state index in [4.69, 9.17) is 9.47 Å². The molecule has 2 aromatic carbocycles. The van der Waals surface area contributed by atoms with Crippen LogP contribution in [0.1, 0.15) is 18.1 Å². The van der Waals surface area contributed by atoms with Crippen LogP contribution in [-0.4, -0.2) is 38.2 Å². The van der Waals surface area contributed by atoms with Crippen molar-refractivity contribution in [1.82, 2.24) is 20.2 Å². The average molecular weight is 397 g/mol. The number of rotatable bonds is 5. The van der Waals surface area contributed by atoms with Gasteiger partial charge in [-0.3, -0.25) is 4.79 Å². The number of anilines is 1. The largest absolute Gasteiger partial charge is 0.454 e. The number of hydrogen-bond donors (Lipinski definition) is 1. The predicted molar refractivity (Wildman–Crippen MR) is 105 cm³/mol. The van der Waals surface area contributed by atoms with Gasteiger partial charge in [0.05, 0.1) is 10.9 Å². The Morgan fingerprint density at radius 3 is 2.79 bits per heavy atom. The molecule has 9 heteroatoms. The number of aryl methyl sites for hydroxylation is 2. The minimum atomic E-state index is -0.401. The summed E-state index contributed by atoms with van der Waals surface area (Å²) in [4.78, 5) is 12.6. The number of nitrogens with zero attached hydrogens (tertiary/aromatic N) is 4. The molecule has 1 aliphatic rings. The van der Waals surface area contributed by atoms with Crippen molar-refractivity contribution in [2.75, 3.05) is 12.1 Å². The molecule has 1 atom stereocenters. The molecular formula is C19H19N5O3S. The maximum atomic E-state index is 12.6. The zero-order chi connectivity index (χ0) is 19.7. The number of amides is 1. The highest BCUT2D eigenvalue weighted by Gasteiger charge is 2.21. The second kappa shape index (κ2) is 7.51.